The van der Waals surface area contributed by atoms with Gasteiger partial charge in [-0.1, -0.05) is 366 Å². The van der Waals surface area contributed by atoms with Crippen LogP contribution in [-0.2, 0) is 18.4 Å². The normalized spacial score (nSPS) is 13.7. The zero-order valence-electron chi connectivity index (χ0n) is 56.7. The average Bonchev–Trinajstić information content (AvgIpc) is 3.50. The number of unbranched alkanes of at least 4 members (excludes halogenated alkanes) is 53. The van der Waals surface area contributed by atoms with Gasteiger partial charge in [0.05, 0.1) is 39.9 Å². The zero-order valence-corrected chi connectivity index (χ0v) is 57.6. The second-order valence-corrected chi connectivity index (χ2v) is 28.5. The minimum atomic E-state index is -4.33. The summed E-state index contributed by atoms with van der Waals surface area (Å²) in [7, 11) is 1.64. The van der Waals surface area contributed by atoms with E-state index in [0.717, 1.165) is 44.9 Å². The molecule has 0 spiro atoms. The topological polar surface area (TPSA) is 105 Å². The van der Waals surface area contributed by atoms with E-state index >= 15 is 0 Å². The fourth-order valence-corrected chi connectivity index (χ4v) is 12.4. The fourth-order valence-electron chi connectivity index (χ4n) is 11.7. The van der Waals surface area contributed by atoms with Crippen LogP contribution in [0.1, 0.15) is 393 Å². The molecule has 0 aliphatic carbocycles. The largest absolute Gasteiger partial charge is 0.472 e. The van der Waals surface area contributed by atoms with Crippen molar-refractivity contribution in [2.24, 2.45) is 0 Å². The van der Waals surface area contributed by atoms with Gasteiger partial charge in [0, 0.05) is 6.42 Å². The highest BCUT2D eigenvalue weighted by Crippen LogP contribution is 2.43. The number of nitrogens with zero attached hydrogens (tertiary/aromatic N) is 1. The predicted octanol–water partition coefficient (Wildman–Crippen LogP) is 23.8. The fraction of sp³-hybridized carbons (Fsp3) is 0.932. The van der Waals surface area contributed by atoms with E-state index in [4.69, 9.17) is 9.05 Å². The van der Waals surface area contributed by atoms with E-state index in [1.165, 1.54) is 321 Å². The van der Waals surface area contributed by atoms with Gasteiger partial charge in [-0.25, -0.2) is 4.57 Å². The number of hydrogen-bond acceptors (Lipinski definition) is 5. The maximum absolute atomic E-state index is 13.1. The summed E-state index contributed by atoms with van der Waals surface area (Å²) < 4.78 is 23.9. The molecule has 1 amide bonds. The maximum atomic E-state index is 13.1. The lowest BCUT2D eigenvalue weighted by atomic mass is 10.0. The highest BCUT2D eigenvalue weighted by Gasteiger charge is 2.28. The third-order valence-electron chi connectivity index (χ3n) is 17.5. The highest BCUT2D eigenvalue weighted by atomic mass is 31.2. The summed E-state index contributed by atoms with van der Waals surface area (Å²) in [6.07, 6.45) is 85.9. The maximum Gasteiger partial charge on any atom is 0.472 e. The Morgan fingerprint density at radius 2 is 0.687 bits per heavy atom. The van der Waals surface area contributed by atoms with Crippen molar-refractivity contribution in [3.05, 3.63) is 24.3 Å². The van der Waals surface area contributed by atoms with E-state index in [1.807, 2.05) is 21.1 Å². The summed E-state index contributed by atoms with van der Waals surface area (Å²) in [6, 6.07) is -0.759. The number of carbonyl (C=O) groups is 1. The minimum Gasteiger partial charge on any atom is -0.391 e. The van der Waals surface area contributed by atoms with Crippen LogP contribution in [-0.4, -0.2) is 73.4 Å². The number of allylic oxidation sites excluding steroid dienone is 4. The quantitative estimate of drug-likeness (QED) is 0.0243. The zero-order chi connectivity index (χ0) is 60.5. The van der Waals surface area contributed by atoms with Crippen molar-refractivity contribution >= 4 is 13.7 Å². The second kappa shape index (κ2) is 65.4. The lowest BCUT2D eigenvalue weighted by Gasteiger charge is -2.26. The number of quaternary nitrogens is 1. The minimum absolute atomic E-state index is 0.0781. The Morgan fingerprint density at radius 1 is 0.410 bits per heavy atom. The van der Waals surface area contributed by atoms with Gasteiger partial charge in [-0.05, 0) is 44.9 Å². The molecule has 0 saturated carbocycles. The van der Waals surface area contributed by atoms with Crippen LogP contribution in [0, 0.1) is 0 Å². The van der Waals surface area contributed by atoms with Crippen LogP contribution in [0.4, 0.5) is 0 Å². The first kappa shape index (κ1) is 82.0. The van der Waals surface area contributed by atoms with Crippen LogP contribution in [0.5, 0.6) is 0 Å². The van der Waals surface area contributed by atoms with Crippen molar-refractivity contribution in [3.63, 3.8) is 0 Å². The molecule has 0 saturated heterocycles. The van der Waals surface area contributed by atoms with Crippen LogP contribution in [0.15, 0.2) is 24.3 Å². The van der Waals surface area contributed by atoms with Crippen LogP contribution >= 0.6 is 7.82 Å². The monoisotopic (exact) mass is 1190 g/mol. The molecule has 0 aromatic heterocycles. The predicted molar refractivity (Wildman–Crippen MR) is 365 cm³/mol. The molecule has 0 rings (SSSR count). The van der Waals surface area contributed by atoms with E-state index in [-0.39, 0.29) is 19.1 Å². The average molecular weight is 1190 g/mol. The molecule has 0 fully saturated rings. The molecule has 3 unspecified atom stereocenters. The molecule has 494 valence electrons. The van der Waals surface area contributed by atoms with E-state index in [9.17, 15) is 19.4 Å². The summed E-state index contributed by atoms with van der Waals surface area (Å²) >= 11 is 0. The Balaban J connectivity index is 3.92. The molecule has 0 aromatic carbocycles. The Hall–Kier alpha value is -1.02. The first-order valence-corrected chi connectivity index (χ1v) is 38.7. The number of hydrogen-bond donors (Lipinski definition) is 3. The Kier molecular flexibility index (Phi) is 64.6. The first-order valence-electron chi connectivity index (χ1n) is 37.2. The molecule has 83 heavy (non-hydrogen) atoms. The highest BCUT2D eigenvalue weighted by molar-refractivity contribution is 7.47. The lowest BCUT2D eigenvalue weighted by molar-refractivity contribution is -0.870. The Morgan fingerprint density at radius 3 is 0.988 bits per heavy atom. The standard InChI is InChI=1S/C74H147N2O6P/c1-6-8-10-12-14-16-18-20-22-24-26-28-30-32-33-34-35-36-37-38-39-40-41-42-43-44-46-48-50-52-54-56-58-60-62-64-66-68-74(78)75-72(71-82-83(79,80)81-70-69-76(3,4)5)73(77)67-65-63-61-59-57-55-53-51-49-47-45-31-29-27-25-23-21-19-17-15-13-11-9-7-2/h18,20,24,26,72-73,77H,6-17,19,21-23,25,27-71H2,1-5H3,(H-,75,78,79,80)/p+1/b20-18-,26-24-. The molecule has 9 heteroatoms. The van der Waals surface area contributed by atoms with Gasteiger partial charge < -0.3 is 19.8 Å². The van der Waals surface area contributed by atoms with E-state index < -0.39 is 20.0 Å². The third kappa shape index (κ3) is 68.3. The van der Waals surface area contributed by atoms with Crippen LogP contribution in [0.3, 0.4) is 0 Å². The van der Waals surface area contributed by atoms with E-state index in [1.54, 1.807) is 0 Å². The molecule has 3 N–H and O–H groups in total. The van der Waals surface area contributed by atoms with Crippen molar-refractivity contribution in [1.29, 1.82) is 0 Å². The number of phosphoric acid groups is 1. The summed E-state index contributed by atoms with van der Waals surface area (Å²) in [5.41, 5.74) is 0. The molecule has 0 aromatic rings. The van der Waals surface area contributed by atoms with Crippen molar-refractivity contribution in [2.75, 3.05) is 40.9 Å². The summed E-state index contributed by atoms with van der Waals surface area (Å²) in [6.45, 7) is 4.95. The van der Waals surface area contributed by atoms with Gasteiger partial charge in [0.1, 0.15) is 13.2 Å². The number of carbonyl (C=O) groups excluding carboxylic acids is 1. The molecule has 3 atom stereocenters. The van der Waals surface area contributed by atoms with Gasteiger partial charge >= 0.3 is 7.82 Å². The van der Waals surface area contributed by atoms with Crippen molar-refractivity contribution in [3.8, 4) is 0 Å². The molecule has 0 aliphatic heterocycles. The number of amides is 1. The van der Waals surface area contributed by atoms with Gasteiger partial charge in [-0.3, -0.25) is 13.8 Å². The van der Waals surface area contributed by atoms with Crippen LogP contribution in [0.2, 0.25) is 0 Å². The third-order valence-corrected chi connectivity index (χ3v) is 18.4. The molecule has 0 heterocycles. The first-order chi connectivity index (χ1) is 40.5. The number of aliphatic hydroxyl groups excluding tert-OH is 1. The summed E-state index contributed by atoms with van der Waals surface area (Å²) in [4.78, 5) is 23.5. The van der Waals surface area contributed by atoms with E-state index in [0.29, 0.717) is 23.9 Å². The van der Waals surface area contributed by atoms with Crippen molar-refractivity contribution < 1.29 is 32.9 Å². The summed E-state index contributed by atoms with van der Waals surface area (Å²) in [5, 5.41) is 14.2. The molecular weight excluding hydrogens is 1040 g/mol. The van der Waals surface area contributed by atoms with Crippen LogP contribution in [0.25, 0.3) is 0 Å². The number of likely N-dealkylation sites (N-methyl/N-ethyl adjacent to an activating group) is 1. The van der Waals surface area contributed by atoms with Gasteiger partial charge in [0.15, 0.2) is 0 Å². The Labute approximate surface area is 519 Å². The second-order valence-electron chi connectivity index (χ2n) is 27.0. The molecule has 0 bridgehead atoms. The number of nitrogens with one attached hydrogen (secondary N) is 1. The smallest absolute Gasteiger partial charge is 0.391 e. The Bertz CT molecular complexity index is 1400. The van der Waals surface area contributed by atoms with Gasteiger partial charge in [-0.15, -0.1) is 0 Å². The van der Waals surface area contributed by atoms with Crippen molar-refractivity contribution in [2.45, 2.75) is 405 Å². The SMILES string of the molecule is CCCCCCC/C=C\C/C=C\CCCCCCCCCCCCCCCCCCCCCCCCCCCC(=O)NC(COP(=O)(O)OCC[N+](C)(C)C)C(O)CCCCCCCCCCCCCCCCCCCCCCCCCC. The summed E-state index contributed by atoms with van der Waals surface area (Å²) in [5.74, 6) is -0.134. The number of rotatable bonds is 70. The molecule has 0 radical (unpaired) electrons. The molecular formula is C74H148N2O6P+. The van der Waals surface area contributed by atoms with Gasteiger partial charge in [0.2, 0.25) is 5.91 Å². The van der Waals surface area contributed by atoms with Crippen molar-refractivity contribution in [1.82, 2.24) is 5.32 Å². The van der Waals surface area contributed by atoms with Gasteiger partial charge in [-0.2, -0.15) is 0 Å². The van der Waals surface area contributed by atoms with Crippen LogP contribution < -0.4 is 5.32 Å². The molecule has 0 aliphatic rings. The number of phosphoric ester groups is 1. The lowest BCUT2D eigenvalue weighted by Crippen LogP contribution is -2.46. The van der Waals surface area contributed by atoms with Gasteiger partial charge in [0.25, 0.3) is 0 Å². The van der Waals surface area contributed by atoms with E-state index in [2.05, 4.69) is 43.5 Å². The molecule has 8 nitrogen and oxygen atoms in total. The number of aliphatic hydroxyl groups is 1.